The highest BCUT2D eigenvalue weighted by Crippen LogP contribution is 2.22. The molecule has 0 heterocycles. The standard InChI is InChI=1S/C21H18/c1-17(19-8-4-2-5-9-19)16-18-12-14-21(15-13-18)20-10-6-3-7-11-20/h2-16H,1H3/b17-16-. The first-order valence-electron chi connectivity index (χ1n) is 7.22. The number of benzene rings is 3. The average Bonchev–Trinajstić information content (AvgIpc) is 2.57. The van der Waals surface area contributed by atoms with Crippen LogP contribution in [0.4, 0.5) is 0 Å². The van der Waals surface area contributed by atoms with Crippen LogP contribution in [0.3, 0.4) is 0 Å². The molecule has 0 unspecified atom stereocenters. The van der Waals surface area contributed by atoms with Crippen molar-refractivity contribution in [2.45, 2.75) is 6.92 Å². The summed E-state index contributed by atoms with van der Waals surface area (Å²) in [6.45, 7) is 2.15. The molecule has 0 bridgehead atoms. The zero-order valence-electron chi connectivity index (χ0n) is 12.2. The molecule has 0 fully saturated rings. The summed E-state index contributed by atoms with van der Waals surface area (Å²) in [7, 11) is 0. The van der Waals surface area contributed by atoms with Gasteiger partial charge in [-0.25, -0.2) is 0 Å². The Morgan fingerprint density at radius 2 is 1.14 bits per heavy atom. The molecule has 0 atom stereocenters. The van der Waals surface area contributed by atoms with Crippen molar-refractivity contribution in [1.29, 1.82) is 0 Å². The summed E-state index contributed by atoms with van der Waals surface area (Å²) in [5, 5.41) is 0. The summed E-state index contributed by atoms with van der Waals surface area (Å²) in [5.74, 6) is 0. The van der Waals surface area contributed by atoms with Crippen molar-refractivity contribution in [3.63, 3.8) is 0 Å². The Kier molecular flexibility index (Phi) is 3.97. The van der Waals surface area contributed by atoms with Crippen molar-refractivity contribution in [3.8, 4) is 11.1 Å². The summed E-state index contributed by atoms with van der Waals surface area (Å²) in [4.78, 5) is 0. The van der Waals surface area contributed by atoms with E-state index in [1.54, 1.807) is 0 Å². The first-order valence-corrected chi connectivity index (χ1v) is 7.22. The average molecular weight is 270 g/mol. The number of rotatable bonds is 3. The summed E-state index contributed by atoms with van der Waals surface area (Å²) in [6, 6.07) is 29.7. The molecule has 0 saturated carbocycles. The molecular weight excluding hydrogens is 252 g/mol. The zero-order chi connectivity index (χ0) is 14.5. The Bertz CT molecular complexity index is 720. The molecule has 0 aliphatic carbocycles. The van der Waals surface area contributed by atoms with Crippen molar-refractivity contribution < 1.29 is 0 Å². The molecule has 3 aromatic carbocycles. The third kappa shape index (κ3) is 3.29. The van der Waals surface area contributed by atoms with Crippen LogP contribution in [0.5, 0.6) is 0 Å². The van der Waals surface area contributed by atoms with Gasteiger partial charge in [0, 0.05) is 0 Å². The minimum Gasteiger partial charge on any atom is -0.0622 e. The number of hydrogen-bond donors (Lipinski definition) is 0. The van der Waals surface area contributed by atoms with E-state index in [9.17, 15) is 0 Å². The Hall–Kier alpha value is -2.60. The molecule has 3 rings (SSSR count). The number of allylic oxidation sites excluding steroid dienone is 1. The lowest BCUT2D eigenvalue weighted by atomic mass is 10.0. The Balaban J connectivity index is 1.85. The first kappa shape index (κ1) is 13.4. The van der Waals surface area contributed by atoms with Crippen LogP contribution >= 0.6 is 0 Å². The van der Waals surface area contributed by atoms with Crippen molar-refractivity contribution in [3.05, 3.63) is 96.1 Å². The van der Waals surface area contributed by atoms with E-state index < -0.39 is 0 Å². The van der Waals surface area contributed by atoms with Gasteiger partial charge < -0.3 is 0 Å². The highest BCUT2D eigenvalue weighted by Gasteiger charge is 1.98. The fourth-order valence-corrected chi connectivity index (χ4v) is 2.44. The van der Waals surface area contributed by atoms with Crippen LogP contribution in [0, 0.1) is 0 Å². The van der Waals surface area contributed by atoms with Gasteiger partial charge >= 0.3 is 0 Å². The van der Waals surface area contributed by atoms with Crippen LogP contribution in [-0.4, -0.2) is 0 Å². The topological polar surface area (TPSA) is 0 Å². The molecule has 0 amide bonds. The minimum absolute atomic E-state index is 1.23. The van der Waals surface area contributed by atoms with Crippen LogP contribution in [0.15, 0.2) is 84.9 Å². The van der Waals surface area contributed by atoms with E-state index in [1.807, 2.05) is 12.1 Å². The lowest BCUT2D eigenvalue weighted by molar-refractivity contribution is 1.56. The second kappa shape index (κ2) is 6.23. The third-order valence-corrected chi connectivity index (χ3v) is 3.63. The van der Waals surface area contributed by atoms with Gasteiger partial charge in [-0.3, -0.25) is 0 Å². The van der Waals surface area contributed by atoms with E-state index in [4.69, 9.17) is 0 Å². The fourth-order valence-electron chi connectivity index (χ4n) is 2.44. The Morgan fingerprint density at radius 1 is 0.619 bits per heavy atom. The summed E-state index contributed by atoms with van der Waals surface area (Å²) < 4.78 is 0. The molecule has 21 heavy (non-hydrogen) atoms. The van der Waals surface area contributed by atoms with Gasteiger partial charge in [-0.15, -0.1) is 0 Å². The maximum absolute atomic E-state index is 2.23. The normalized spacial score (nSPS) is 11.4. The van der Waals surface area contributed by atoms with E-state index in [-0.39, 0.29) is 0 Å². The van der Waals surface area contributed by atoms with Gasteiger partial charge in [-0.2, -0.15) is 0 Å². The second-order valence-electron chi connectivity index (χ2n) is 5.18. The lowest BCUT2D eigenvalue weighted by Gasteiger charge is -2.04. The second-order valence-corrected chi connectivity index (χ2v) is 5.18. The predicted molar refractivity (Wildman–Crippen MR) is 91.9 cm³/mol. The quantitative estimate of drug-likeness (QED) is 0.519. The zero-order valence-corrected chi connectivity index (χ0v) is 12.2. The van der Waals surface area contributed by atoms with Crippen LogP contribution in [0.25, 0.3) is 22.8 Å². The number of hydrogen-bond acceptors (Lipinski definition) is 0. The molecule has 0 N–H and O–H groups in total. The molecule has 0 spiro atoms. The molecular formula is C21H18. The minimum atomic E-state index is 1.23. The smallest absolute Gasteiger partial charge is 0.0184 e. The SMILES string of the molecule is C/C(=C/c1ccc(-c2ccccc2)cc1)c1ccccc1. The first-order chi connectivity index (χ1) is 10.3. The third-order valence-electron chi connectivity index (χ3n) is 3.63. The molecule has 0 nitrogen and oxygen atoms in total. The van der Waals surface area contributed by atoms with Crippen molar-refractivity contribution >= 4 is 11.6 Å². The van der Waals surface area contributed by atoms with E-state index in [0.717, 1.165) is 0 Å². The summed E-state index contributed by atoms with van der Waals surface area (Å²) in [6.07, 6.45) is 2.23. The van der Waals surface area contributed by atoms with Gasteiger partial charge in [-0.05, 0) is 34.8 Å². The van der Waals surface area contributed by atoms with Crippen molar-refractivity contribution in [2.75, 3.05) is 0 Å². The fraction of sp³-hybridized carbons (Fsp3) is 0.0476. The maximum atomic E-state index is 2.23. The van der Waals surface area contributed by atoms with Crippen LogP contribution < -0.4 is 0 Å². The lowest BCUT2D eigenvalue weighted by Crippen LogP contribution is -1.81. The molecule has 0 radical (unpaired) electrons. The van der Waals surface area contributed by atoms with E-state index in [1.165, 1.54) is 27.8 Å². The molecule has 0 aliphatic rings. The van der Waals surface area contributed by atoms with Gasteiger partial charge in [0.05, 0.1) is 0 Å². The summed E-state index contributed by atoms with van der Waals surface area (Å²) in [5.41, 5.74) is 6.29. The van der Waals surface area contributed by atoms with Crippen LogP contribution in [0.1, 0.15) is 18.1 Å². The highest BCUT2D eigenvalue weighted by molar-refractivity contribution is 5.80. The van der Waals surface area contributed by atoms with E-state index in [2.05, 4.69) is 85.8 Å². The molecule has 3 aromatic rings. The van der Waals surface area contributed by atoms with E-state index >= 15 is 0 Å². The van der Waals surface area contributed by atoms with Gasteiger partial charge in [-0.1, -0.05) is 91.0 Å². The monoisotopic (exact) mass is 270 g/mol. The molecule has 0 aliphatic heterocycles. The van der Waals surface area contributed by atoms with Gasteiger partial charge in [0.2, 0.25) is 0 Å². The maximum Gasteiger partial charge on any atom is -0.0184 e. The predicted octanol–water partition coefficient (Wildman–Crippen LogP) is 5.91. The largest absolute Gasteiger partial charge is 0.0622 e. The van der Waals surface area contributed by atoms with Gasteiger partial charge in [0.25, 0.3) is 0 Å². The van der Waals surface area contributed by atoms with Gasteiger partial charge in [0.1, 0.15) is 0 Å². The van der Waals surface area contributed by atoms with Crippen molar-refractivity contribution in [1.82, 2.24) is 0 Å². The highest BCUT2D eigenvalue weighted by atomic mass is 14.0. The summed E-state index contributed by atoms with van der Waals surface area (Å²) >= 11 is 0. The van der Waals surface area contributed by atoms with E-state index in [0.29, 0.717) is 0 Å². The molecule has 0 heteroatoms. The molecule has 102 valence electrons. The molecule has 0 aromatic heterocycles. The van der Waals surface area contributed by atoms with Crippen molar-refractivity contribution in [2.24, 2.45) is 0 Å². The van der Waals surface area contributed by atoms with Crippen LogP contribution in [0.2, 0.25) is 0 Å². The Morgan fingerprint density at radius 3 is 1.76 bits per heavy atom. The van der Waals surface area contributed by atoms with Gasteiger partial charge in [0.15, 0.2) is 0 Å². The Labute approximate surface area is 126 Å². The van der Waals surface area contributed by atoms with Crippen LogP contribution in [-0.2, 0) is 0 Å². The molecule has 0 saturated heterocycles.